The Hall–Kier alpha value is -2.84. The molecule has 2 aromatic heterocycles. The van der Waals surface area contributed by atoms with Crippen LogP contribution in [0.3, 0.4) is 0 Å². The Morgan fingerprint density at radius 2 is 2.19 bits per heavy atom. The number of nitrogens with one attached hydrogen (secondary N) is 2. The molecule has 0 atom stereocenters. The molecule has 4 rings (SSSR count). The lowest BCUT2D eigenvalue weighted by Gasteiger charge is -2.20. The number of carbonyl (C=O) groups excluding carboxylic acids is 1. The number of thiazole rings is 1. The number of amides is 1. The van der Waals surface area contributed by atoms with Crippen molar-refractivity contribution in [2.45, 2.75) is 13.0 Å². The summed E-state index contributed by atoms with van der Waals surface area (Å²) < 4.78 is 13.4. The molecule has 2 N–H and O–H groups in total. The van der Waals surface area contributed by atoms with Crippen LogP contribution in [0.15, 0.2) is 42.6 Å². The van der Waals surface area contributed by atoms with E-state index in [2.05, 4.69) is 32.5 Å². The van der Waals surface area contributed by atoms with E-state index in [1.165, 1.54) is 28.3 Å². The van der Waals surface area contributed by atoms with Crippen molar-refractivity contribution in [1.82, 2.24) is 14.9 Å². The van der Waals surface area contributed by atoms with Gasteiger partial charge in [-0.2, -0.15) is 0 Å². The first-order valence-electron chi connectivity index (χ1n) is 8.54. The monoisotopic (exact) mass is 383 g/mol. The standard InChI is InChI=1S/C19H18FN5OS/c1-25-9-7-15-16(11-25)27-19(23-15)24-18(26)14-6-3-8-21-17(14)22-13-5-2-4-12(20)10-13/h2-6,8,10H,7,9,11H2,1H3,(H,21,22)(H,23,24,26). The molecule has 1 aromatic carbocycles. The average Bonchev–Trinajstić information content (AvgIpc) is 3.03. The maximum Gasteiger partial charge on any atom is 0.261 e. The van der Waals surface area contributed by atoms with Crippen molar-refractivity contribution in [3.05, 3.63) is 64.5 Å². The maximum absolute atomic E-state index is 13.4. The predicted molar refractivity (Wildman–Crippen MR) is 104 cm³/mol. The number of fused-ring (bicyclic) bond motifs is 1. The van der Waals surface area contributed by atoms with Crippen molar-refractivity contribution in [2.75, 3.05) is 24.2 Å². The zero-order chi connectivity index (χ0) is 18.8. The smallest absolute Gasteiger partial charge is 0.261 e. The van der Waals surface area contributed by atoms with Crippen LogP contribution in [0.1, 0.15) is 20.9 Å². The first kappa shape index (κ1) is 17.6. The van der Waals surface area contributed by atoms with Crippen molar-refractivity contribution in [2.24, 2.45) is 0 Å². The molecule has 3 aromatic rings. The lowest BCUT2D eigenvalue weighted by molar-refractivity contribution is 0.102. The summed E-state index contributed by atoms with van der Waals surface area (Å²) in [4.78, 5) is 24.9. The molecule has 0 saturated heterocycles. The summed E-state index contributed by atoms with van der Waals surface area (Å²) in [7, 11) is 2.07. The molecule has 1 aliphatic rings. The van der Waals surface area contributed by atoms with Crippen molar-refractivity contribution in [3.8, 4) is 0 Å². The topological polar surface area (TPSA) is 70.2 Å². The van der Waals surface area contributed by atoms with Gasteiger partial charge in [0.15, 0.2) is 5.13 Å². The number of hydrogen-bond donors (Lipinski definition) is 2. The van der Waals surface area contributed by atoms with Gasteiger partial charge in [-0.05, 0) is 37.4 Å². The molecule has 0 fully saturated rings. The summed E-state index contributed by atoms with van der Waals surface area (Å²) in [6, 6.07) is 9.38. The molecule has 138 valence electrons. The number of rotatable bonds is 4. The minimum Gasteiger partial charge on any atom is -0.339 e. The molecule has 0 bridgehead atoms. The minimum atomic E-state index is -0.361. The van der Waals surface area contributed by atoms with Crippen LogP contribution in [0.5, 0.6) is 0 Å². The fourth-order valence-electron chi connectivity index (χ4n) is 2.93. The lowest BCUT2D eigenvalue weighted by Crippen LogP contribution is -2.25. The van der Waals surface area contributed by atoms with Crippen LogP contribution < -0.4 is 10.6 Å². The van der Waals surface area contributed by atoms with Gasteiger partial charge in [-0.3, -0.25) is 10.1 Å². The predicted octanol–water partition coefficient (Wildman–Crippen LogP) is 3.66. The number of hydrogen-bond acceptors (Lipinski definition) is 6. The van der Waals surface area contributed by atoms with E-state index >= 15 is 0 Å². The third kappa shape index (κ3) is 3.96. The molecular weight excluding hydrogens is 365 g/mol. The number of pyridine rings is 1. The molecule has 0 saturated carbocycles. The molecule has 6 nitrogen and oxygen atoms in total. The molecule has 1 aliphatic heterocycles. The fourth-order valence-corrected chi connectivity index (χ4v) is 4.02. The van der Waals surface area contributed by atoms with Crippen LogP contribution in [0.25, 0.3) is 0 Å². The molecule has 27 heavy (non-hydrogen) atoms. The van der Waals surface area contributed by atoms with Gasteiger partial charge in [0.1, 0.15) is 11.6 Å². The molecule has 0 radical (unpaired) electrons. The van der Waals surface area contributed by atoms with Crippen molar-refractivity contribution in [1.29, 1.82) is 0 Å². The van der Waals surface area contributed by atoms with Crippen LogP contribution in [0.4, 0.5) is 21.0 Å². The van der Waals surface area contributed by atoms with Gasteiger partial charge in [-0.1, -0.05) is 6.07 Å². The number of anilines is 3. The molecule has 3 heterocycles. The number of nitrogens with zero attached hydrogens (tertiary/aromatic N) is 3. The first-order valence-corrected chi connectivity index (χ1v) is 9.36. The maximum atomic E-state index is 13.4. The largest absolute Gasteiger partial charge is 0.339 e. The Morgan fingerprint density at radius 3 is 3.04 bits per heavy atom. The molecule has 8 heteroatoms. The van der Waals surface area contributed by atoms with E-state index in [-0.39, 0.29) is 11.7 Å². The van der Waals surface area contributed by atoms with E-state index in [1.807, 2.05) is 0 Å². The summed E-state index contributed by atoms with van der Waals surface area (Å²) in [5.41, 5.74) is 1.94. The highest BCUT2D eigenvalue weighted by molar-refractivity contribution is 7.15. The zero-order valence-electron chi connectivity index (χ0n) is 14.7. The van der Waals surface area contributed by atoms with Gasteiger partial charge in [0.05, 0.1) is 11.3 Å². The third-order valence-electron chi connectivity index (χ3n) is 4.28. The number of benzene rings is 1. The SMILES string of the molecule is CN1CCc2nc(NC(=O)c3cccnc3Nc3cccc(F)c3)sc2C1. The van der Waals surface area contributed by atoms with Gasteiger partial charge in [-0.25, -0.2) is 14.4 Å². The summed E-state index contributed by atoms with van der Waals surface area (Å²) in [6.45, 7) is 1.82. The van der Waals surface area contributed by atoms with E-state index in [9.17, 15) is 9.18 Å². The number of halogens is 1. The number of carbonyl (C=O) groups is 1. The second kappa shape index (κ2) is 7.42. The molecule has 0 aliphatic carbocycles. The molecular formula is C19H18FN5OS. The molecule has 0 unspecified atom stereocenters. The molecule has 0 spiro atoms. The highest BCUT2D eigenvalue weighted by Crippen LogP contribution is 2.28. The Kier molecular flexibility index (Phi) is 4.83. The van der Waals surface area contributed by atoms with Gasteiger partial charge in [0.25, 0.3) is 5.91 Å². The zero-order valence-corrected chi connectivity index (χ0v) is 15.5. The van der Waals surface area contributed by atoms with Gasteiger partial charge < -0.3 is 10.2 Å². The molecule has 1 amide bonds. The van der Waals surface area contributed by atoms with Crippen LogP contribution in [-0.2, 0) is 13.0 Å². The first-order chi connectivity index (χ1) is 13.1. The van der Waals surface area contributed by atoms with Gasteiger partial charge >= 0.3 is 0 Å². The van der Waals surface area contributed by atoms with Gasteiger partial charge in [0.2, 0.25) is 0 Å². The second-order valence-electron chi connectivity index (χ2n) is 6.37. The number of likely N-dealkylation sites (N-methyl/N-ethyl adjacent to an activating group) is 1. The van der Waals surface area contributed by atoms with Gasteiger partial charge in [0, 0.05) is 36.3 Å². The normalized spacial score (nSPS) is 13.9. The van der Waals surface area contributed by atoms with Crippen LogP contribution in [-0.4, -0.2) is 34.4 Å². The summed E-state index contributed by atoms with van der Waals surface area (Å²) in [6.07, 6.45) is 2.47. The highest BCUT2D eigenvalue weighted by atomic mass is 32.1. The van der Waals surface area contributed by atoms with E-state index in [1.54, 1.807) is 30.5 Å². The van der Waals surface area contributed by atoms with Crippen LogP contribution >= 0.6 is 11.3 Å². The summed E-state index contributed by atoms with van der Waals surface area (Å²) in [5.74, 6) is -0.302. The Balaban J connectivity index is 1.54. The van der Waals surface area contributed by atoms with E-state index < -0.39 is 0 Å². The highest BCUT2D eigenvalue weighted by Gasteiger charge is 2.20. The van der Waals surface area contributed by atoms with Crippen LogP contribution in [0, 0.1) is 5.82 Å². The fraction of sp³-hybridized carbons (Fsp3) is 0.211. The number of aromatic nitrogens is 2. The third-order valence-corrected chi connectivity index (χ3v) is 5.28. The summed E-state index contributed by atoms with van der Waals surface area (Å²) >= 11 is 1.50. The quantitative estimate of drug-likeness (QED) is 0.720. The van der Waals surface area contributed by atoms with Gasteiger partial charge in [-0.15, -0.1) is 11.3 Å². The van der Waals surface area contributed by atoms with Crippen molar-refractivity contribution >= 4 is 33.9 Å². The van der Waals surface area contributed by atoms with Crippen LogP contribution in [0.2, 0.25) is 0 Å². The Morgan fingerprint density at radius 1 is 1.30 bits per heavy atom. The van der Waals surface area contributed by atoms with E-state index in [4.69, 9.17) is 0 Å². The Labute approximate surface area is 160 Å². The van der Waals surface area contributed by atoms with E-state index in [0.717, 1.165) is 25.2 Å². The van der Waals surface area contributed by atoms with E-state index in [0.29, 0.717) is 22.2 Å². The summed E-state index contributed by atoms with van der Waals surface area (Å²) in [5, 5.41) is 6.45. The van der Waals surface area contributed by atoms with Crippen molar-refractivity contribution in [3.63, 3.8) is 0 Å². The lowest BCUT2D eigenvalue weighted by atomic mass is 10.2. The average molecular weight is 383 g/mol. The van der Waals surface area contributed by atoms with Crippen molar-refractivity contribution < 1.29 is 9.18 Å². The minimum absolute atomic E-state index is 0.304. The second-order valence-corrected chi connectivity index (χ2v) is 7.45. The Bertz CT molecular complexity index is 990.